The Kier molecular flexibility index (Phi) is 10.6. The highest BCUT2D eigenvalue weighted by Gasteiger charge is 2.22. The molecule has 0 saturated heterocycles. The molecule has 1 aromatic carbocycles. The van der Waals surface area contributed by atoms with Crippen molar-refractivity contribution in [1.29, 1.82) is 0 Å². The van der Waals surface area contributed by atoms with Gasteiger partial charge in [-0.15, -0.1) is 0 Å². The standard InChI is InChI=1S/C19H30N2O.ClH/c1-5-21(6-2,16-18-12-8-7-9-13-18)15-11-10-14-20-19(22)17(3)4;/h7-9,12-13H,3,5-6,10-11,14-16H2,1-2,4H3;1H. The molecule has 0 bridgehead atoms. The van der Waals surface area contributed by atoms with Gasteiger partial charge in [-0.3, -0.25) is 4.79 Å². The van der Waals surface area contributed by atoms with E-state index in [4.69, 9.17) is 0 Å². The zero-order valence-electron chi connectivity index (χ0n) is 14.8. The largest absolute Gasteiger partial charge is 1.00 e. The van der Waals surface area contributed by atoms with E-state index in [-0.39, 0.29) is 18.3 Å². The number of hydrogen-bond donors (Lipinski definition) is 1. The number of carbonyl (C=O) groups is 1. The molecule has 4 heteroatoms. The van der Waals surface area contributed by atoms with Gasteiger partial charge in [0.25, 0.3) is 0 Å². The maximum absolute atomic E-state index is 11.4. The fraction of sp³-hybridized carbons (Fsp3) is 0.526. The van der Waals surface area contributed by atoms with Crippen molar-refractivity contribution < 1.29 is 21.7 Å². The molecule has 1 N–H and O–H groups in total. The van der Waals surface area contributed by atoms with Crippen molar-refractivity contribution in [2.45, 2.75) is 40.2 Å². The highest BCUT2D eigenvalue weighted by molar-refractivity contribution is 5.91. The van der Waals surface area contributed by atoms with Crippen LogP contribution in [0.4, 0.5) is 0 Å². The van der Waals surface area contributed by atoms with E-state index < -0.39 is 0 Å². The second-order valence-electron chi connectivity index (χ2n) is 6.08. The molecular weight excluding hydrogens is 308 g/mol. The van der Waals surface area contributed by atoms with Crippen molar-refractivity contribution in [3.63, 3.8) is 0 Å². The first kappa shape index (κ1) is 21.7. The summed E-state index contributed by atoms with van der Waals surface area (Å²) < 4.78 is 1.11. The first-order valence-corrected chi connectivity index (χ1v) is 8.35. The van der Waals surface area contributed by atoms with Crippen molar-refractivity contribution in [2.75, 3.05) is 26.2 Å². The molecule has 0 radical (unpaired) electrons. The van der Waals surface area contributed by atoms with E-state index in [0.29, 0.717) is 5.57 Å². The van der Waals surface area contributed by atoms with Gasteiger partial charge in [0.2, 0.25) is 5.91 Å². The predicted octanol–water partition coefficient (Wildman–Crippen LogP) is 0.520. The highest BCUT2D eigenvalue weighted by atomic mass is 35.5. The minimum atomic E-state index is -0.0315. The highest BCUT2D eigenvalue weighted by Crippen LogP contribution is 2.16. The van der Waals surface area contributed by atoms with Gasteiger partial charge in [-0.05, 0) is 33.6 Å². The molecule has 0 spiro atoms. The molecule has 0 aromatic heterocycles. The Hall–Kier alpha value is -1.32. The Balaban J connectivity index is 0.00000484. The van der Waals surface area contributed by atoms with E-state index in [1.807, 2.05) is 0 Å². The number of benzene rings is 1. The average molecular weight is 339 g/mol. The van der Waals surface area contributed by atoms with Crippen molar-refractivity contribution in [3.05, 3.63) is 48.0 Å². The summed E-state index contributed by atoms with van der Waals surface area (Å²) in [7, 11) is 0. The number of hydrogen-bond acceptors (Lipinski definition) is 1. The molecule has 1 amide bonds. The fourth-order valence-electron chi connectivity index (χ4n) is 2.74. The molecule has 0 unspecified atom stereocenters. The topological polar surface area (TPSA) is 29.1 Å². The Labute approximate surface area is 147 Å². The summed E-state index contributed by atoms with van der Waals surface area (Å²) in [6.45, 7) is 15.2. The molecule has 0 saturated carbocycles. The summed E-state index contributed by atoms with van der Waals surface area (Å²) in [5, 5.41) is 2.91. The van der Waals surface area contributed by atoms with Gasteiger partial charge in [-0.2, -0.15) is 0 Å². The predicted molar refractivity (Wildman–Crippen MR) is 93.4 cm³/mol. The molecule has 1 rings (SSSR count). The Bertz CT molecular complexity index is 470. The molecule has 0 aliphatic rings. The van der Waals surface area contributed by atoms with Crippen LogP contribution in [0.1, 0.15) is 39.2 Å². The van der Waals surface area contributed by atoms with Crippen LogP contribution in [0.3, 0.4) is 0 Å². The lowest BCUT2D eigenvalue weighted by Crippen LogP contribution is -3.00. The number of rotatable bonds is 10. The molecule has 0 fully saturated rings. The Morgan fingerprint density at radius 1 is 1.13 bits per heavy atom. The maximum Gasteiger partial charge on any atom is 0.246 e. The van der Waals surface area contributed by atoms with Crippen LogP contribution < -0.4 is 17.7 Å². The third kappa shape index (κ3) is 7.67. The molecule has 0 heterocycles. The van der Waals surface area contributed by atoms with Crippen molar-refractivity contribution in [2.24, 2.45) is 0 Å². The first-order valence-electron chi connectivity index (χ1n) is 8.35. The molecule has 0 aliphatic heterocycles. The summed E-state index contributed by atoms with van der Waals surface area (Å²) >= 11 is 0. The van der Waals surface area contributed by atoms with Gasteiger partial charge in [-0.1, -0.05) is 36.9 Å². The fourth-order valence-corrected chi connectivity index (χ4v) is 2.74. The maximum atomic E-state index is 11.4. The van der Waals surface area contributed by atoms with Crippen molar-refractivity contribution in [1.82, 2.24) is 5.32 Å². The van der Waals surface area contributed by atoms with Crippen LogP contribution in [0.25, 0.3) is 0 Å². The van der Waals surface area contributed by atoms with Crippen molar-refractivity contribution >= 4 is 5.91 Å². The molecule has 0 atom stereocenters. The zero-order valence-corrected chi connectivity index (χ0v) is 15.5. The van der Waals surface area contributed by atoms with Crippen LogP contribution in [0, 0.1) is 0 Å². The second-order valence-corrected chi connectivity index (χ2v) is 6.08. The normalized spacial score (nSPS) is 10.7. The number of unbranched alkanes of at least 4 members (excludes halogenated alkanes) is 1. The smallest absolute Gasteiger partial charge is 0.246 e. The Morgan fingerprint density at radius 2 is 1.74 bits per heavy atom. The number of nitrogens with one attached hydrogen (secondary N) is 1. The first-order chi connectivity index (χ1) is 10.5. The van der Waals surface area contributed by atoms with Crippen LogP contribution in [0.5, 0.6) is 0 Å². The summed E-state index contributed by atoms with van der Waals surface area (Å²) in [5.74, 6) is -0.0315. The van der Waals surface area contributed by atoms with Gasteiger partial charge in [0.1, 0.15) is 6.54 Å². The SMILES string of the molecule is C=C(C)C(=O)NCCCC[N+](CC)(CC)Cc1ccccc1.[Cl-]. The number of quaternary nitrogens is 1. The van der Waals surface area contributed by atoms with Crippen LogP contribution in [-0.2, 0) is 11.3 Å². The molecule has 0 aliphatic carbocycles. The second kappa shape index (κ2) is 11.3. The monoisotopic (exact) mass is 338 g/mol. The van der Waals surface area contributed by atoms with Crippen LogP contribution in [0.15, 0.2) is 42.5 Å². The van der Waals surface area contributed by atoms with Crippen LogP contribution in [-0.4, -0.2) is 36.6 Å². The zero-order chi connectivity index (χ0) is 16.4. The molecular formula is C19H31ClN2O. The van der Waals surface area contributed by atoms with Crippen LogP contribution >= 0.6 is 0 Å². The Morgan fingerprint density at radius 3 is 2.26 bits per heavy atom. The van der Waals surface area contributed by atoms with Crippen LogP contribution in [0.2, 0.25) is 0 Å². The van der Waals surface area contributed by atoms with E-state index in [0.717, 1.165) is 50.0 Å². The van der Waals surface area contributed by atoms with Gasteiger partial charge in [-0.25, -0.2) is 0 Å². The number of amides is 1. The average Bonchev–Trinajstić information content (AvgIpc) is 2.54. The van der Waals surface area contributed by atoms with Gasteiger partial charge >= 0.3 is 0 Å². The quantitative estimate of drug-likeness (QED) is 0.376. The lowest BCUT2D eigenvalue weighted by atomic mass is 10.1. The van der Waals surface area contributed by atoms with E-state index in [1.54, 1.807) is 6.92 Å². The lowest BCUT2D eigenvalue weighted by molar-refractivity contribution is -0.938. The van der Waals surface area contributed by atoms with E-state index in [9.17, 15) is 4.79 Å². The third-order valence-corrected chi connectivity index (χ3v) is 4.43. The summed E-state index contributed by atoms with van der Waals surface area (Å²) in [6, 6.07) is 10.7. The molecule has 3 nitrogen and oxygen atoms in total. The molecule has 23 heavy (non-hydrogen) atoms. The summed E-state index contributed by atoms with van der Waals surface area (Å²) in [5.41, 5.74) is 1.98. The minimum absolute atomic E-state index is 0. The van der Waals surface area contributed by atoms with E-state index in [1.165, 1.54) is 5.56 Å². The minimum Gasteiger partial charge on any atom is -1.00 e. The number of halogens is 1. The lowest BCUT2D eigenvalue weighted by Gasteiger charge is -2.37. The van der Waals surface area contributed by atoms with Gasteiger partial charge < -0.3 is 22.2 Å². The summed E-state index contributed by atoms with van der Waals surface area (Å²) in [4.78, 5) is 11.4. The third-order valence-electron chi connectivity index (χ3n) is 4.43. The molecule has 130 valence electrons. The number of carbonyl (C=O) groups excluding carboxylic acids is 1. The van der Waals surface area contributed by atoms with Gasteiger partial charge in [0.05, 0.1) is 19.6 Å². The van der Waals surface area contributed by atoms with Crippen molar-refractivity contribution in [3.8, 4) is 0 Å². The molecule has 1 aromatic rings. The van der Waals surface area contributed by atoms with Gasteiger partial charge in [0, 0.05) is 17.7 Å². The van der Waals surface area contributed by atoms with Gasteiger partial charge in [0.15, 0.2) is 0 Å². The van der Waals surface area contributed by atoms with E-state index >= 15 is 0 Å². The number of nitrogens with zero attached hydrogens (tertiary/aromatic N) is 1. The summed E-state index contributed by atoms with van der Waals surface area (Å²) in [6.07, 6.45) is 2.15. The van der Waals surface area contributed by atoms with E-state index in [2.05, 4.69) is 56.1 Å².